The molecule has 0 saturated heterocycles. The van der Waals surface area contributed by atoms with Gasteiger partial charge in [0.1, 0.15) is 5.82 Å². The van der Waals surface area contributed by atoms with Crippen LogP contribution in [0.5, 0.6) is 0 Å². The second-order valence-electron chi connectivity index (χ2n) is 5.41. The van der Waals surface area contributed by atoms with Gasteiger partial charge in [-0.15, -0.1) is 0 Å². The molecule has 0 bridgehead atoms. The standard InChI is InChI=1S/C16H15ClN4O3S/c17-12-4-1-3-11(9-12)6-8-25(23,24)19-10-14-20-15-13(16(22)21-14)5-2-7-18-15/h1-5,7,9,19H,6,8,10H2,(H,18,20,21,22). The fraction of sp³-hybridized carbons (Fsp3) is 0.188. The van der Waals surface area contributed by atoms with Crippen LogP contribution in [0.3, 0.4) is 0 Å². The first-order chi connectivity index (χ1) is 11.9. The van der Waals surface area contributed by atoms with E-state index in [1.165, 1.54) is 6.20 Å². The Labute approximate surface area is 149 Å². The molecule has 0 saturated carbocycles. The van der Waals surface area contributed by atoms with Crippen LogP contribution in [0.2, 0.25) is 5.02 Å². The van der Waals surface area contributed by atoms with E-state index in [9.17, 15) is 13.2 Å². The maximum atomic E-state index is 12.1. The van der Waals surface area contributed by atoms with Gasteiger partial charge >= 0.3 is 0 Å². The van der Waals surface area contributed by atoms with E-state index >= 15 is 0 Å². The molecule has 7 nitrogen and oxygen atoms in total. The molecule has 0 fully saturated rings. The molecular weight excluding hydrogens is 364 g/mol. The van der Waals surface area contributed by atoms with Crippen molar-refractivity contribution in [3.8, 4) is 0 Å². The van der Waals surface area contributed by atoms with E-state index in [1.807, 2.05) is 6.07 Å². The van der Waals surface area contributed by atoms with Gasteiger partial charge in [-0.3, -0.25) is 4.79 Å². The fourth-order valence-electron chi connectivity index (χ4n) is 2.30. The lowest BCUT2D eigenvalue weighted by Crippen LogP contribution is -2.28. The fourth-order valence-corrected chi connectivity index (χ4v) is 3.51. The van der Waals surface area contributed by atoms with Crippen molar-refractivity contribution in [1.82, 2.24) is 19.7 Å². The van der Waals surface area contributed by atoms with E-state index in [-0.39, 0.29) is 29.3 Å². The maximum Gasteiger partial charge on any atom is 0.260 e. The summed E-state index contributed by atoms with van der Waals surface area (Å²) in [4.78, 5) is 22.7. The average molecular weight is 379 g/mol. The summed E-state index contributed by atoms with van der Waals surface area (Å²) in [6.07, 6.45) is 1.85. The van der Waals surface area contributed by atoms with Crippen molar-refractivity contribution in [2.24, 2.45) is 0 Å². The summed E-state index contributed by atoms with van der Waals surface area (Å²) < 4.78 is 26.7. The number of sulfonamides is 1. The lowest BCUT2D eigenvalue weighted by Gasteiger charge is -2.07. The zero-order chi connectivity index (χ0) is 17.9. The minimum atomic E-state index is -3.53. The number of nitrogens with zero attached hydrogens (tertiary/aromatic N) is 2. The topological polar surface area (TPSA) is 105 Å². The number of aromatic amines is 1. The van der Waals surface area contributed by atoms with Crippen molar-refractivity contribution < 1.29 is 8.42 Å². The van der Waals surface area contributed by atoms with Gasteiger partial charge in [0, 0.05) is 11.2 Å². The molecule has 2 heterocycles. The van der Waals surface area contributed by atoms with E-state index in [0.717, 1.165) is 5.56 Å². The monoisotopic (exact) mass is 378 g/mol. The SMILES string of the molecule is O=c1[nH]c(CNS(=O)(=O)CCc2cccc(Cl)c2)nc2ncccc12. The van der Waals surface area contributed by atoms with Crippen molar-refractivity contribution >= 4 is 32.7 Å². The highest BCUT2D eigenvalue weighted by Gasteiger charge is 2.12. The number of benzene rings is 1. The number of aryl methyl sites for hydroxylation is 1. The normalized spacial score (nSPS) is 11.7. The third kappa shape index (κ3) is 4.62. The predicted molar refractivity (Wildman–Crippen MR) is 95.9 cm³/mol. The molecular formula is C16H15ClN4O3S. The smallest absolute Gasteiger partial charge is 0.260 e. The number of rotatable bonds is 6. The van der Waals surface area contributed by atoms with Crippen molar-refractivity contribution in [3.05, 3.63) is 69.4 Å². The maximum absolute atomic E-state index is 12.1. The van der Waals surface area contributed by atoms with Gasteiger partial charge in [-0.2, -0.15) is 0 Å². The third-order valence-electron chi connectivity index (χ3n) is 3.54. The Bertz CT molecular complexity index is 1070. The lowest BCUT2D eigenvalue weighted by atomic mass is 10.2. The molecule has 0 aliphatic carbocycles. The summed E-state index contributed by atoms with van der Waals surface area (Å²) >= 11 is 5.89. The first-order valence-corrected chi connectivity index (χ1v) is 9.52. The number of halogens is 1. The van der Waals surface area contributed by atoms with Gasteiger partial charge in [-0.25, -0.2) is 23.1 Å². The highest BCUT2D eigenvalue weighted by atomic mass is 35.5. The van der Waals surface area contributed by atoms with Gasteiger partial charge in [0.15, 0.2) is 5.65 Å². The highest BCUT2D eigenvalue weighted by molar-refractivity contribution is 7.89. The zero-order valence-electron chi connectivity index (χ0n) is 13.1. The quantitative estimate of drug-likeness (QED) is 0.678. The second-order valence-corrected chi connectivity index (χ2v) is 7.77. The Balaban J connectivity index is 1.67. The van der Waals surface area contributed by atoms with E-state index in [1.54, 1.807) is 30.3 Å². The van der Waals surface area contributed by atoms with Crippen LogP contribution in [0.25, 0.3) is 11.0 Å². The molecule has 130 valence electrons. The van der Waals surface area contributed by atoms with E-state index < -0.39 is 10.0 Å². The molecule has 0 unspecified atom stereocenters. The van der Waals surface area contributed by atoms with Gasteiger partial charge in [-0.05, 0) is 36.2 Å². The Morgan fingerprint density at radius 2 is 2.04 bits per heavy atom. The van der Waals surface area contributed by atoms with Gasteiger partial charge in [0.05, 0.1) is 17.7 Å². The summed E-state index contributed by atoms with van der Waals surface area (Å²) in [6.45, 7) is -0.111. The molecule has 3 aromatic rings. The Morgan fingerprint density at radius 3 is 2.84 bits per heavy atom. The number of nitrogens with one attached hydrogen (secondary N) is 2. The van der Waals surface area contributed by atoms with Crippen molar-refractivity contribution in [2.45, 2.75) is 13.0 Å². The number of H-pyrrole nitrogens is 1. The minimum Gasteiger partial charge on any atom is -0.309 e. The summed E-state index contributed by atoms with van der Waals surface area (Å²) in [6, 6.07) is 10.3. The molecule has 0 aliphatic rings. The van der Waals surface area contributed by atoms with Crippen molar-refractivity contribution in [2.75, 3.05) is 5.75 Å². The number of hydrogen-bond donors (Lipinski definition) is 2. The van der Waals surface area contributed by atoms with Gasteiger partial charge < -0.3 is 4.98 Å². The van der Waals surface area contributed by atoms with E-state index in [0.29, 0.717) is 16.8 Å². The van der Waals surface area contributed by atoms with E-state index in [2.05, 4.69) is 19.7 Å². The van der Waals surface area contributed by atoms with Crippen LogP contribution in [0.1, 0.15) is 11.4 Å². The van der Waals surface area contributed by atoms with Crippen LogP contribution in [0, 0.1) is 0 Å². The lowest BCUT2D eigenvalue weighted by molar-refractivity contribution is 0.578. The van der Waals surface area contributed by atoms with Gasteiger partial charge in [0.2, 0.25) is 10.0 Å². The number of pyridine rings is 1. The molecule has 0 aliphatic heterocycles. The zero-order valence-corrected chi connectivity index (χ0v) is 14.6. The molecule has 1 aromatic carbocycles. The third-order valence-corrected chi connectivity index (χ3v) is 5.10. The Morgan fingerprint density at radius 1 is 1.20 bits per heavy atom. The van der Waals surface area contributed by atoms with Gasteiger partial charge in [-0.1, -0.05) is 23.7 Å². The molecule has 0 atom stereocenters. The molecule has 25 heavy (non-hydrogen) atoms. The second kappa shape index (κ2) is 7.30. The Kier molecular flexibility index (Phi) is 5.12. The largest absolute Gasteiger partial charge is 0.309 e. The van der Waals surface area contributed by atoms with Crippen LogP contribution >= 0.6 is 11.6 Å². The number of fused-ring (bicyclic) bond motifs is 1. The van der Waals surface area contributed by atoms with Crippen LogP contribution in [0.15, 0.2) is 47.4 Å². The van der Waals surface area contributed by atoms with Crippen molar-refractivity contribution in [1.29, 1.82) is 0 Å². The molecule has 0 amide bonds. The first kappa shape index (κ1) is 17.5. The summed E-state index contributed by atoms with van der Waals surface area (Å²) in [5, 5.41) is 0.920. The molecule has 2 N–H and O–H groups in total. The minimum absolute atomic E-state index is 0.0938. The van der Waals surface area contributed by atoms with Gasteiger partial charge in [0.25, 0.3) is 5.56 Å². The number of aromatic nitrogens is 3. The van der Waals surface area contributed by atoms with Crippen LogP contribution in [0.4, 0.5) is 0 Å². The highest BCUT2D eigenvalue weighted by Crippen LogP contribution is 2.11. The molecule has 2 aromatic heterocycles. The molecule has 9 heteroatoms. The predicted octanol–water partition coefficient (Wildman–Crippen LogP) is 1.63. The summed E-state index contributed by atoms with van der Waals surface area (Å²) in [7, 11) is -3.53. The molecule has 3 rings (SSSR count). The Hall–Kier alpha value is -2.29. The number of hydrogen-bond acceptors (Lipinski definition) is 5. The molecule has 0 radical (unpaired) electrons. The van der Waals surface area contributed by atoms with Crippen LogP contribution < -0.4 is 10.3 Å². The van der Waals surface area contributed by atoms with Crippen molar-refractivity contribution in [3.63, 3.8) is 0 Å². The van der Waals surface area contributed by atoms with Crippen LogP contribution in [-0.4, -0.2) is 29.1 Å². The summed E-state index contributed by atoms with van der Waals surface area (Å²) in [5.74, 6) is 0.117. The summed E-state index contributed by atoms with van der Waals surface area (Å²) in [5.41, 5.74) is 0.755. The first-order valence-electron chi connectivity index (χ1n) is 7.49. The average Bonchev–Trinajstić information content (AvgIpc) is 2.59. The molecule has 0 spiro atoms. The van der Waals surface area contributed by atoms with Crippen LogP contribution in [-0.2, 0) is 23.0 Å². The van der Waals surface area contributed by atoms with E-state index in [4.69, 9.17) is 11.6 Å².